The van der Waals surface area contributed by atoms with E-state index in [1.165, 1.54) is 0 Å². The van der Waals surface area contributed by atoms with Crippen molar-refractivity contribution >= 4 is 17.0 Å². The largest absolute Gasteiger partial charge is 0.478 e. The molecule has 4 nitrogen and oxygen atoms in total. The number of carbonyl (C=O) groups is 1. The molecule has 0 unspecified atom stereocenters. The Bertz CT molecular complexity index is 661. The van der Waals surface area contributed by atoms with Crippen molar-refractivity contribution in [3.63, 3.8) is 0 Å². The minimum Gasteiger partial charge on any atom is -0.478 e. The molecule has 2 aromatic rings. The zero-order valence-electron chi connectivity index (χ0n) is 13.5. The summed E-state index contributed by atoms with van der Waals surface area (Å²) in [6, 6.07) is 5.53. The molecule has 0 saturated carbocycles. The van der Waals surface area contributed by atoms with Crippen LogP contribution >= 0.6 is 0 Å². The highest BCUT2D eigenvalue weighted by molar-refractivity contribution is 5.92. The van der Waals surface area contributed by atoms with Gasteiger partial charge in [-0.1, -0.05) is 34.6 Å². The number of benzene rings is 1. The molecule has 1 heterocycles. The topological polar surface area (TPSA) is 55.1 Å². The second-order valence-electron chi connectivity index (χ2n) is 6.53. The number of nitrogens with zero attached hydrogens (tertiary/aromatic N) is 2. The molecule has 0 aliphatic carbocycles. The smallest absolute Gasteiger partial charge is 0.335 e. The number of carboxylic acids is 1. The van der Waals surface area contributed by atoms with Crippen molar-refractivity contribution in [3.05, 3.63) is 29.6 Å². The second-order valence-corrected chi connectivity index (χ2v) is 6.53. The van der Waals surface area contributed by atoms with Crippen LogP contribution in [-0.4, -0.2) is 20.6 Å². The maximum Gasteiger partial charge on any atom is 0.335 e. The van der Waals surface area contributed by atoms with Gasteiger partial charge in [0.15, 0.2) is 0 Å². The first-order chi connectivity index (χ1) is 9.79. The van der Waals surface area contributed by atoms with Gasteiger partial charge in [-0.3, -0.25) is 0 Å². The quantitative estimate of drug-likeness (QED) is 0.907. The molecule has 0 atom stereocenters. The molecule has 0 aliphatic heterocycles. The van der Waals surface area contributed by atoms with Crippen molar-refractivity contribution < 1.29 is 9.90 Å². The lowest BCUT2D eigenvalue weighted by atomic mass is 9.95. The molecular formula is C17H24N2O2. The molecular weight excluding hydrogens is 264 g/mol. The van der Waals surface area contributed by atoms with E-state index in [4.69, 9.17) is 4.98 Å². The standard InChI is InChI=1S/C17H24N2O2/c1-6-12(7-2)19-14-10-11(15(20)21)8-9-13(14)18-16(19)17(3,4)5/h8-10,12H,6-7H2,1-5H3,(H,20,21). The molecule has 114 valence electrons. The number of hydrogen-bond acceptors (Lipinski definition) is 2. The van der Waals surface area contributed by atoms with Gasteiger partial charge in [0.05, 0.1) is 16.6 Å². The van der Waals surface area contributed by atoms with Crippen LogP contribution in [0.3, 0.4) is 0 Å². The molecule has 2 rings (SSSR count). The highest BCUT2D eigenvalue weighted by atomic mass is 16.4. The minimum absolute atomic E-state index is 0.0784. The van der Waals surface area contributed by atoms with E-state index in [0.29, 0.717) is 11.6 Å². The SMILES string of the molecule is CCC(CC)n1c(C(C)(C)C)nc2ccc(C(=O)O)cc21. The first-order valence-corrected chi connectivity index (χ1v) is 7.55. The number of aromatic nitrogens is 2. The fourth-order valence-corrected chi connectivity index (χ4v) is 2.78. The summed E-state index contributed by atoms with van der Waals surface area (Å²) >= 11 is 0. The summed E-state index contributed by atoms with van der Waals surface area (Å²) in [7, 11) is 0. The van der Waals surface area contributed by atoms with Gasteiger partial charge in [0, 0.05) is 11.5 Å². The summed E-state index contributed by atoms with van der Waals surface area (Å²) in [5, 5.41) is 9.23. The van der Waals surface area contributed by atoms with Crippen molar-refractivity contribution in [2.75, 3.05) is 0 Å². The third kappa shape index (κ3) is 2.80. The Morgan fingerprint density at radius 2 is 1.90 bits per heavy atom. The van der Waals surface area contributed by atoms with Gasteiger partial charge in [0.25, 0.3) is 0 Å². The van der Waals surface area contributed by atoms with Crippen LogP contribution in [0.5, 0.6) is 0 Å². The van der Waals surface area contributed by atoms with E-state index in [9.17, 15) is 9.90 Å². The highest BCUT2D eigenvalue weighted by Crippen LogP contribution is 2.32. The normalized spacial score (nSPS) is 12.3. The van der Waals surface area contributed by atoms with Crippen LogP contribution in [0.2, 0.25) is 0 Å². The van der Waals surface area contributed by atoms with Crippen LogP contribution in [0.1, 0.15) is 69.7 Å². The Balaban J connectivity index is 2.79. The van der Waals surface area contributed by atoms with E-state index in [2.05, 4.69) is 39.2 Å². The number of imidazole rings is 1. The zero-order valence-corrected chi connectivity index (χ0v) is 13.5. The van der Waals surface area contributed by atoms with Crippen molar-refractivity contribution in [1.29, 1.82) is 0 Å². The zero-order chi connectivity index (χ0) is 15.8. The van der Waals surface area contributed by atoms with Crippen LogP contribution in [0.4, 0.5) is 0 Å². The van der Waals surface area contributed by atoms with Crippen molar-refractivity contribution in [2.24, 2.45) is 0 Å². The molecule has 0 radical (unpaired) electrons. The number of hydrogen-bond donors (Lipinski definition) is 1. The minimum atomic E-state index is -0.897. The number of carboxylic acid groups (broad SMARTS) is 1. The first-order valence-electron chi connectivity index (χ1n) is 7.55. The molecule has 4 heteroatoms. The molecule has 0 bridgehead atoms. The predicted molar refractivity (Wildman–Crippen MR) is 85.0 cm³/mol. The highest BCUT2D eigenvalue weighted by Gasteiger charge is 2.26. The van der Waals surface area contributed by atoms with E-state index in [0.717, 1.165) is 29.7 Å². The van der Waals surface area contributed by atoms with Gasteiger partial charge in [0.2, 0.25) is 0 Å². The van der Waals surface area contributed by atoms with Gasteiger partial charge in [-0.15, -0.1) is 0 Å². The summed E-state index contributed by atoms with van der Waals surface area (Å²) in [4.78, 5) is 16.0. The first kappa shape index (κ1) is 15.5. The van der Waals surface area contributed by atoms with Gasteiger partial charge in [-0.05, 0) is 31.0 Å². The summed E-state index contributed by atoms with van der Waals surface area (Å²) in [6.45, 7) is 10.8. The van der Waals surface area contributed by atoms with Gasteiger partial charge in [-0.25, -0.2) is 9.78 Å². The molecule has 0 spiro atoms. The second kappa shape index (κ2) is 5.51. The molecule has 0 amide bonds. The molecule has 1 aromatic heterocycles. The van der Waals surface area contributed by atoms with Crippen LogP contribution < -0.4 is 0 Å². The van der Waals surface area contributed by atoms with Crippen LogP contribution in [0, 0.1) is 0 Å². The Kier molecular flexibility index (Phi) is 4.08. The van der Waals surface area contributed by atoms with Crippen molar-refractivity contribution in [3.8, 4) is 0 Å². The van der Waals surface area contributed by atoms with Crippen LogP contribution in [0.15, 0.2) is 18.2 Å². The molecule has 1 N–H and O–H groups in total. The summed E-state index contributed by atoms with van der Waals surface area (Å²) in [6.07, 6.45) is 2.00. The average Bonchev–Trinajstić information content (AvgIpc) is 2.79. The van der Waals surface area contributed by atoms with E-state index >= 15 is 0 Å². The summed E-state index contributed by atoms with van der Waals surface area (Å²) in [5.74, 6) is 0.125. The maximum atomic E-state index is 11.2. The number of rotatable bonds is 4. The molecule has 21 heavy (non-hydrogen) atoms. The third-order valence-electron chi connectivity index (χ3n) is 3.91. The Hall–Kier alpha value is -1.84. The molecule has 0 aliphatic rings. The van der Waals surface area contributed by atoms with Gasteiger partial charge in [-0.2, -0.15) is 0 Å². The average molecular weight is 288 g/mol. The summed E-state index contributed by atoms with van der Waals surface area (Å²) < 4.78 is 2.24. The van der Waals surface area contributed by atoms with Crippen molar-refractivity contribution in [2.45, 2.75) is 58.9 Å². The fourth-order valence-electron chi connectivity index (χ4n) is 2.78. The lowest BCUT2D eigenvalue weighted by Gasteiger charge is -2.25. The third-order valence-corrected chi connectivity index (χ3v) is 3.91. The number of aromatic carboxylic acids is 1. The van der Waals surface area contributed by atoms with Gasteiger partial charge in [0.1, 0.15) is 5.82 Å². The monoisotopic (exact) mass is 288 g/mol. The Morgan fingerprint density at radius 3 is 2.38 bits per heavy atom. The van der Waals surface area contributed by atoms with E-state index in [1.807, 2.05) is 6.07 Å². The van der Waals surface area contributed by atoms with Gasteiger partial charge >= 0.3 is 5.97 Å². The van der Waals surface area contributed by atoms with Crippen molar-refractivity contribution in [1.82, 2.24) is 9.55 Å². The van der Waals surface area contributed by atoms with E-state index in [-0.39, 0.29) is 5.41 Å². The van der Waals surface area contributed by atoms with Crippen LogP contribution in [0.25, 0.3) is 11.0 Å². The molecule has 0 fully saturated rings. The predicted octanol–water partition coefficient (Wildman–Crippen LogP) is 4.39. The lowest BCUT2D eigenvalue weighted by molar-refractivity contribution is 0.0697. The fraction of sp³-hybridized carbons (Fsp3) is 0.529. The van der Waals surface area contributed by atoms with E-state index in [1.54, 1.807) is 12.1 Å². The lowest BCUT2D eigenvalue weighted by Crippen LogP contribution is -2.21. The Labute approximate surface area is 125 Å². The number of fused-ring (bicyclic) bond motifs is 1. The summed E-state index contributed by atoms with van der Waals surface area (Å²) in [5.41, 5.74) is 2.03. The molecule has 0 saturated heterocycles. The molecule has 1 aromatic carbocycles. The van der Waals surface area contributed by atoms with Gasteiger partial charge < -0.3 is 9.67 Å². The van der Waals surface area contributed by atoms with E-state index < -0.39 is 5.97 Å². The maximum absolute atomic E-state index is 11.2. The van der Waals surface area contributed by atoms with Crippen LogP contribution in [-0.2, 0) is 5.41 Å². The Morgan fingerprint density at radius 1 is 1.29 bits per heavy atom.